The van der Waals surface area contributed by atoms with Gasteiger partial charge in [0.25, 0.3) is 8.32 Å². The summed E-state index contributed by atoms with van der Waals surface area (Å²) in [7, 11) is -0.940. The first-order valence-corrected chi connectivity index (χ1v) is 17.3. The van der Waals surface area contributed by atoms with Gasteiger partial charge in [-0.3, -0.25) is 0 Å². The van der Waals surface area contributed by atoms with Crippen LogP contribution in [0, 0.1) is 0 Å². The van der Waals surface area contributed by atoms with E-state index in [0.717, 1.165) is 34.4 Å². The molecule has 0 unspecified atom stereocenters. The van der Waals surface area contributed by atoms with E-state index in [1.54, 1.807) is 18.4 Å². The van der Waals surface area contributed by atoms with E-state index in [4.69, 9.17) is 18.9 Å². The molecule has 0 saturated carbocycles. The van der Waals surface area contributed by atoms with Gasteiger partial charge in [0.1, 0.15) is 11.6 Å². The van der Waals surface area contributed by atoms with Crippen LogP contribution in [0.15, 0.2) is 78.9 Å². The number of ether oxygens (including phenoxy) is 2. The molecular weight excluding hydrogens is 586 g/mol. The van der Waals surface area contributed by atoms with Gasteiger partial charge in [-0.15, -0.1) is 11.3 Å². The molecule has 0 saturated heterocycles. The van der Waals surface area contributed by atoms with Crippen LogP contribution in [0.3, 0.4) is 0 Å². The first kappa shape index (κ1) is 29.5. The number of alkyl halides is 1. The average molecular weight is 625 g/mol. The molecule has 0 N–H and O–H groups in total. The molecule has 0 aliphatic rings. The van der Waals surface area contributed by atoms with Crippen molar-refractivity contribution in [2.45, 2.75) is 50.9 Å². The maximum absolute atomic E-state index is 6.99. The molecule has 3 aromatic carbocycles. The van der Waals surface area contributed by atoms with E-state index in [9.17, 15) is 0 Å². The number of halogens is 1. The van der Waals surface area contributed by atoms with Crippen molar-refractivity contribution in [3.63, 3.8) is 0 Å². The van der Waals surface area contributed by atoms with Crippen LogP contribution in [0.2, 0.25) is 5.04 Å². The molecule has 4 aromatic rings. The highest BCUT2D eigenvalue weighted by Gasteiger charge is 2.50. The second kappa shape index (κ2) is 13.3. The third-order valence-corrected chi connectivity index (χ3v) is 13.6. The Labute approximate surface area is 246 Å². The Morgan fingerprint density at radius 3 is 2.05 bits per heavy atom. The minimum Gasteiger partial charge on any atom is -0.493 e. The fourth-order valence-corrected chi connectivity index (χ4v) is 11.4. The molecule has 4 rings (SSSR count). The third kappa shape index (κ3) is 6.48. The zero-order valence-corrected chi connectivity index (χ0v) is 26.9. The molecule has 0 aliphatic carbocycles. The normalized spacial score (nSPS) is 11.9. The molecule has 0 amide bonds. The van der Waals surface area contributed by atoms with Crippen LogP contribution in [0.5, 0.6) is 11.5 Å². The Morgan fingerprint density at radius 1 is 0.872 bits per heavy atom. The maximum Gasteiger partial charge on any atom is 0.261 e. The summed E-state index contributed by atoms with van der Waals surface area (Å²) in [5.41, 5.74) is 2.15. The standard InChI is InChI=1S/C32H38BrNO3SSi/c1-6-13-30-27(23-33)34-31(38-30)24-18-19-28(35-5)29(22-24)36-20-21-37-39(32(2,3)4,25-14-9-7-10-15-25)26-16-11-8-12-17-26/h7-12,14-19,22H,6,13,20-21,23H2,1-5H3. The summed E-state index contributed by atoms with van der Waals surface area (Å²) >= 11 is 5.35. The van der Waals surface area contributed by atoms with Crippen LogP contribution in [0.4, 0.5) is 0 Å². The van der Waals surface area contributed by atoms with Gasteiger partial charge in [0, 0.05) is 15.8 Å². The topological polar surface area (TPSA) is 40.6 Å². The molecule has 0 aliphatic heterocycles. The highest BCUT2D eigenvalue weighted by Crippen LogP contribution is 2.38. The summed E-state index contributed by atoms with van der Waals surface area (Å²) < 4.78 is 18.9. The highest BCUT2D eigenvalue weighted by atomic mass is 79.9. The average Bonchev–Trinajstić information content (AvgIpc) is 3.36. The van der Waals surface area contributed by atoms with E-state index in [-0.39, 0.29) is 5.04 Å². The molecule has 4 nitrogen and oxygen atoms in total. The number of aryl methyl sites for hydroxylation is 1. The molecule has 39 heavy (non-hydrogen) atoms. The first-order chi connectivity index (χ1) is 18.8. The van der Waals surface area contributed by atoms with Crippen molar-refractivity contribution in [2.75, 3.05) is 20.3 Å². The second-order valence-electron chi connectivity index (χ2n) is 10.5. The van der Waals surface area contributed by atoms with Gasteiger partial charge in [-0.1, -0.05) is 111 Å². The Bertz CT molecular complexity index is 1300. The van der Waals surface area contributed by atoms with Gasteiger partial charge >= 0.3 is 0 Å². The molecule has 0 fully saturated rings. The van der Waals surface area contributed by atoms with Crippen LogP contribution >= 0.6 is 27.3 Å². The Balaban J connectivity index is 1.58. The highest BCUT2D eigenvalue weighted by molar-refractivity contribution is 9.08. The SMILES string of the molecule is CCCc1sc(-c2ccc(OC)c(OCCO[Si](c3ccccc3)(c3ccccc3)C(C)(C)C)c2)nc1CBr. The Kier molecular flexibility index (Phi) is 10.0. The molecule has 7 heteroatoms. The largest absolute Gasteiger partial charge is 0.493 e. The van der Waals surface area contributed by atoms with Crippen molar-refractivity contribution in [3.05, 3.63) is 89.4 Å². The van der Waals surface area contributed by atoms with E-state index in [1.165, 1.54) is 15.3 Å². The lowest BCUT2D eigenvalue weighted by atomic mass is 10.2. The van der Waals surface area contributed by atoms with E-state index in [0.29, 0.717) is 24.7 Å². The summed E-state index contributed by atoms with van der Waals surface area (Å²) in [5, 5.41) is 4.21. The van der Waals surface area contributed by atoms with Gasteiger partial charge in [0.2, 0.25) is 0 Å². The zero-order chi connectivity index (χ0) is 27.9. The van der Waals surface area contributed by atoms with Crippen LogP contribution in [0.25, 0.3) is 10.6 Å². The lowest BCUT2D eigenvalue weighted by molar-refractivity contribution is 0.203. The fourth-order valence-electron chi connectivity index (χ4n) is 5.06. The van der Waals surface area contributed by atoms with Gasteiger partial charge in [-0.2, -0.15) is 0 Å². The lowest BCUT2D eigenvalue weighted by Crippen LogP contribution is -2.66. The van der Waals surface area contributed by atoms with Crippen molar-refractivity contribution in [1.29, 1.82) is 0 Å². The number of benzene rings is 3. The molecule has 206 valence electrons. The quantitative estimate of drug-likeness (QED) is 0.0924. The van der Waals surface area contributed by atoms with Crippen molar-refractivity contribution in [3.8, 4) is 22.1 Å². The molecule has 0 spiro atoms. The first-order valence-electron chi connectivity index (χ1n) is 13.4. The number of thiazole rings is 1. The monoisotopic (exact) mass is 623 g/mol. The number of hydrogen-bond donors (Lipinski definition) is 0. The van der Waals surface area contributed by atoms with Gasteiger partial charge in [-0.25, -0.2) is 4.98 Å². The summed E-state index contributed by atoms with van der Waals surface area (Å²) in [5.74, 6) is 1.41. The zero-order valence-electron chi connectivity index (χ0n) is 23.5. The van der Waals surface area contributed by atoms with Gasteiger partial charge in [0.05, 0.1) is 19.4 Å². The summed E-state index contributed by atoms with van der Waals surface area (Å²) in [6.45, 7) is 9.94. The maximum atomic E-state index is 6.99. The van der Waals surface area contributed by atoms with Gasteiger partial charge in [-0.05, 0) is 40.0 Å². The predicted molar refractivity (Wildman–Crippen MR) is 170 cm³/mol. The van der Waals surface area contributed by atoms with Crippen molar-refractivity contribution in [2.24, 2.45) is 0 Å². The Hall–Kier alpha value is -2.45. The lowest BCUT2D eigenvalue weighted by Gasteiger charge is -2.43. The van der Waals surface area contributed by atoms with Crippen LogP contribution in [-0.4, -0.2) is 33.6 Å². The van der Waals surface area contributed by atoms with E-state index in [1.807, 2.05) is 12.1 Å². The molecule has 1 heterocycles. The molecular formula is C32H38BrNO3SSi. The third-order valence-electron chi connectivity index (χ3n) is 6.87. The van der Waals surface area contributed by atoms with E-state index >= 15 is 0 Å². The minimum absolute atomic E-state index is 0.0819. The summed E-state index contributed by atoms with van der Waals surface area (Å²) in [4.78, 5) is 6.23. The van der Waals surface area contributed by atoms with Crippen LogP contribution in [0.1, 0.15) is 44.7 Å². The van der Waals surface area contributed by atoms with Crippen molar-refractivity contribution < 1.29 is 13.9 Å². The number of methoxy groups -OCH3 is 1. The van der Waals surface area contributed by atoms with Gasteiger partial charge < -0.3 is 13.9 Å². The van der Waals surface area contributed by atoms with Crippen LogP contribution in [-0.2, 0) is 16.2 Å². The van der Waals surface area contributed by atoms with E-state index in [2.05, 4.69) is 110 Å². The molecule has 1 aromatic heterocycles. The van der Waals surface area contributed by atoms with Crippen LogP contribution < -0.4 is 19.8 Å². The number of nitrogens with zero attached hydrogens (tertiary/aromatic N) is 1. The van der Waals surface area contributed by atoms with Crippen molar-refractivity contribution >= 4 is 46.0 Å². The summed E-state index contributed by atoms with van der Waals surface area (Å²) in [6.07, 6.45) is 2.14. The Morgan fingerprint density at radius 2 is 1.51 bits per heavy atom. The van der Waals surface area contributed by atoms with Gasteiger partial charge in [0.15, 0.2) is 11.5 Å². The number of rotatable bonds is 12. The summed E-state index contributed by atoms with van der Waals surface area (Å²) in [6, 6.07) is 27.4. The fraction of sp³-hybridized carbons (Fsp3) is 0.344. The second-order valence-corrected chi connectivity index (χ2v) is 16.4. The number of hydrogen-bond acceptors (Lipinski definition) is 5. The number of aromatic nitrogens is 1. The van der Waals surface area contributed by atoms with E-state index < -0.39 is 8.32 Å². The molecule has 0 radical (unpaired) electrons. The predicted octanol–water partition coefficient (Wildman–Crippen LogP) is 7.62. The van der Waals surface area contributed by atoms with Crippen molar-refractivity contribution in [1.82, 2.24) is 4.98 Å². The smallest absolute Gasteiger partial charge is 0.261 e. The molecule has 0 bridgehead atoms. The molecule has 0 atom stereocenters. The minimum atomic E-state index is -2.61.